The van der Waals surface area contributed by atoms with E-state index in [9.17, 15) is 4.79 Å². The van der Waals surface area contributed by atoms with Gasteiger partial charge in [0, 0.05) is 29.1 Å². The molecule has 1 saturated heterocycles. The number of amides is 1. The molecule has 5 aromatic rings. The van der Waals surface area contributed by atoms with Crippen molar-refractivity contribution in [1.29, 1.82) is 0 Å². The number of aryl methyl sites for hydroxylation is 1. The third kappa shape index (κ3) is 4.60. The number of nitrogens with zero attached hydrogens (tertiary/aromatic N) is 7. The summed E-state index contributed by atoms with van der Waals surface area (Å²) in [6, 6.07) is 13.3. The standard InChI is InChI=1S/C26H26N8O3/c1-16-13-22(32-37-16)24-30-29-23-20-5-3-4-6-21(20)26(31-34(23)24)36-15-19-8-7-17(14-27-19)25(35)28-18-9-11-33(2)12-10-18/h3-8,13-14,18H,9-12,15H2,1-2H3,(H,28,35). The highest BCUT2D eigenvalue weighted by molar-refractivity contribution is 5.97. The molecule has 0 saturated carbocycles. The number of nitrogens with one attached hydrogen (secondary N) is 1. The molecule has 0 atom stereocenters. The lowest BCUT2D eigenvalue weighted by molar-refractivity contribution is 0.0916. The number of carbonyl (C=O) groups excluding carboxylic acids is 1. The molecule has 0 radical (unpaired) electrons. The number of carbonyl (C=O) groups is 1. The molecule has 6 rings (SSSR count). The summed E-state index contributed by atoms with van der Waals surface area (Å²) in [5, 5.41) is 22.1. The lowest BCUT2D eigenvalue weighted by Crippen LogP contribution is -2.43. The summed E-state index contributed by atoms with van der Waals surface area (Å²) in [6.07, 6.45) is 3.50. The molecule has 0 unspecified atom stereocenters. The molecule has 1 N–H and O–H groups in total. The van der Waals surface area contributed by atoms with Crippen molar-refractivity contribution in [2.24, 2.45) is 0 Å². The molecule has 0 bridgehead atoms. The van der Waals surface area contributed by atoms with Gasteiger partial charge in [0.15, 0.2) is 11.3 Å². The van der Waals surface area contributed by atoms with Crippen molar-refractivity contribution in [2.75, 3.05) is 20.1 Å². The molecule has 1 aliphatic heterocycles. The molecule has 11 heteroatoms. The molecule has 1 fully saturated rings. The van der Waals surface area contributed by atoms with Gasteiger partial charge in [-0.05, 0) is 58.1 Å². The van der Waals surface area contributed by atoms with Crippen LogP contribution in [0.15, 0.2) is 53.2 Å². The first-order chi connectivity index (χ1) is 18.0. The van der Waals surface area contributed by atoms with Crippen LogP contribution in [0.25, 0.3) is 27.9 Å². The van der Waals surface area contributed by atoms with Gasteiger partial charge in [0.1, 0.15) is 12.4 Å². The second-order valence-electron chi connectivity index (χ2n) is 9.31. The van der Waals surface area contributed by atoms with Crippen molar-refractivity contribution in [1.82, 2.24) is 40.2 Å². The molecule has 11 nitrogen and oxygen atoms in total. The van der Waals surface area contributed by atoms with E-state index in [1.807, 2.05) is 31.2 Å². The van der Waals surface area contributed by atoms with Crippen molar-refractivity contribution in [2.45, 2.75) is 32.4 Å². The summed E-state index contributed by atoms with van der Waals surface area (Å²) >= 11 is 0. The first-order valence-corrected chi connectivity index (χ1v) is 12.2. The first-order valence-electron chi connectivity index (χ1n) is 12.2. The lowest BCUT2D eigenvalue weighted by Gasteiger charge is -2.29. The zero-order valence-corrected chi connectivity index (χ0v) is 20.6. The quantitative estimate of drug-likeness (QED) is 0.376. The third-order valence-corrected chi connectivity index (χ3v) is 6.58. The topological polar surface area (TPSA) is 124 Å². The molecule has 0 spiro atoms. The second kappa shape index (κ2) is 9.58. The Kier molecular flexibility index (Phi) is 5.97. The minimum Gasteiger partial charge on any atom is -0.470 e. The minimum absolute atomic E-state index is 0.101. The maximum atomic E-state index is 12.6. The van der Waals surface area contributed by atoms with E-state index in [1.54, 1.807) is 28.9 Å². The predicted molar refractivity (Wildman–Crippen MR) is 135 cm³/mol. The first kappa shape index (κ1) is 23.0. The van der Waals surface area contributed by atoms with E-state index >= 15 is 0 Å². The number of pyridine rings is 1. The Balaban J connectivity index is 1.21. The molecule has 37 heavy (non-hydrogen) atoms. The molecular weight excluding hydrogens is 472 g/mol. The van der Waals surface area contributed by atoms with Gasteiger partial charge < -0.3 is 19.5 Å². The van der Waals surface area contributed by atoms with Gasteiger partial charge >= 0.3 is 0 Å². The lowest BCUT2D eigenvalue weighted by atomic mass is 10.1. The maximum absolute atomic E-state index is 12.6. The van der Waals surface area contributed by atoms with Crippen LogP contribution in [0, 0.1) is 6.92 Å². The molecule has 0 aliphatic carbocycles. The van der Waals surface area contributed by atoms with Crippen LogP contribution in [0.3, 0.4) is 0 Å². The maximum Gasteiger partial charge on any atom is 0.253 e. The van der Waals surface area contributed by atoms with Gasteiger partial charge in [0.2, 0.25) is 11.7 Å². The number of aromatic nitrogens is 6. The van der Waals surface area contributed by atoms with Crippen LogP contribution < -0.4 is 10.1 Å². The molecule has 1 aromatic carbocycles. The highest BCUT2D eigenvalue weighted by atomic mass is 16.5. The number of likely N-dealkylation sites (tertiary alicyclic amines) is 1. The second-order valence-corrected chi connectivity index (χ2v) is 9.31. The van der Waals surface area contributed by atoms with Gasteiger partial charge in [0.05, 0.1) is 11.3 Å². The van der Waals surface area contributed by atoms with E-state index in [0.717, 1.165) is 36.7 Å². The van der Waals surface area contributed by atoms with Crippen LogP contribution in [0.1, 0.15) is 34.7 Å². The van der Waals surface area contributed by atoms with Gasteiger partial charge in [-0.25, -0.2) is 0 Å². The van der Waals surface area contributed by atoms with E-state index in [1.165, 1.54) is 0 Å². The smallest absolute Gasteiger partial charge is 0.253 e. The number of hydrogen-bond acceptors (Lipinski definition) is 9. The molecular formula is C26H26N8O3. The monoisotopic (exact) mass is 498 g/mol. The normalized spacial score (nSPS) is 14.9. The number of fused-ring (bicyclic) bond motifs is 3. The van der Waals surface area contributed by atoms with Crippen LogP contribution >= 0.6 is 0 Å². The molecule has 1 amide bonds. The zero-order chi connectivity index (χ0) is 25.4. The average Bonchev–Trinajstić information content (AvgIpc) is 3.55. The van der Waals surface area contributed by atoms with Crippen LogP contribution in [0.2, 0.25) is 0 Å². The highest BCUT2D eigenvalue weighted by Crippen LogP contribution is 2.29. The van der Waals surface area contributed by atoms with E-state index in [0.29, 0.717) is 40.1 Å². The average molecular weight is 499 g/mol. The van der Waals surface area contributed by atoms with Crippen LogP contribution in [0.5, 0.6) is 5.88 Å². The number of hydrogen-bond donors (Lipinski definition) is 1. The fraction of sp³-hybridized carbons (Fsp3) is 0.308. The van der Waals surface area contributed by atoms with Crippen molar-refractivity contribution in [3.8, 4) is 17.4 Å². The number of benzene rings is 1. The SMILES string of the molecule is Cc1cc(-c2nnc3c4ccccc4c(OCc4ccc(C(=O)NC5CCN(C)CC5)cn4)nn23)no1. The third-order valence-electron chi connectivity index (χ3n) is 6.58. The van der Waals surface area contributed by atoms with Gasteiger partial charge in [-0.15, -0.1) is 15.3 Å². The Morgan fingerprint density at radius 1 is 1.14 bits per heavy atom. The number of ether oxygens (including phenoxy) is 1. The summed E-state index contributed by atoms with van der Waals surface area (Å²) in [4.78, 5) is 19.4. The van der Waals surface area contributed by atoms with Crippen molar-refractivity contribution < 1.29 is 14.1 Å². The molecule has 1 aliphatic rings. The largest absolute Gasteiger partial charge is 0.470 e. The Morgan fingerprint density at radius 2 is 1.95 bits per heavy atom. The highest BCUT2D eigenvalue weighted by Gasteiger charge is 2.20. The van der Waals surface area contributed by atoms with Crippen molar-refractivity contribution in [3.05, 3.63) is 65.7 Å². The van der Waals surface area contributed by atoms with Crippen LogP contribution in [-0.2, 0) is 6.61 Å². The summed E-state index contributed by atoms with van der Waals surface area (Å²) < 4.78 is 12.9. The fourth-order valence-electron chi connectivity index (χ4n) is 4.50. The van der Waals surface area contributed by atoms with Gasteiger partial charge in [-0.1, -0.05) is 23.4 Å². The van der Waals surface area contributed by atoms with Gasteiger partial charge in [0.25, 0.3) is 5.91 Å². The van der Waals surface area contributed by atoms with Crippen LogP contribution in [0.4, 0.5) is 0 Å². The Morgan fingerprint density at radius 3 is 2.68 bits per heavy atom. The molecule has 5 heterocycles. The summed E-state index contributed by atoms with van der Waals surface area (Å²) in [5.41, 5.74) is 2.34. The summed E-state index contributed by atoms with van der Waals surface area (Å²) in [7, 11) is 2.10. The van der Waals surface area contributed by atoms with E-state index in [2.05, 4.69) is 42.7 Å². The van der Waals surface area contributed by atoms with E-state index < -0.39 is 0 Å². The zero-order valence-electron chi connectivity index (χ0n) is 20.6. The fourth-order valence-corrected chi connectivity index (χ4v) is 4.50. The van der Waals surface area contributed by atoms with E-state index in [4.69, 9.17) is 9.26 Å². The minimum atomic E-state index is -0.101. The van der Waals surface area contributed by atoms with Gasteiger partial charge in [-0.3, -0.25) is 9.78 Å². The molecule has 4 aromatic heterocycles. The van der Waals surface area contributed by atoms with Crippen molar-refractivity contribution >= 4 is 22.3 Å². The van der Waals surface area contributed by atoms with Gasteiger partial charge in [-0.2, -0.15) is 4.52 Å². The summed E-state index contributed by atoms with van der Waals surface area (Å²) in [5.74, 6) is 1.44. The van der Waals surface area contributed by atoms with E-state index in [-0.39, 0.29) is 18.6 Å². The Hall–Kier alpha value is -4.38. The number of rotatable bonds is 6. The predicted octanol–water partition coefficient (Wildman–Crippen LogP) is 3.04. The summed E-state index contributed by atoms with van der Waals surface area (Å²) in [6.45, 7) is 3.97. The van der Waals surface area contributed by atoms with Crippen LogP contribution in [-0.4, -0.2) is 66.9 Å². The number of piperidine rings is 1. The molecule has 188 valence electrons. The Labute approximate surface area is 212 Å². The Bertz CT molecular complexity index is 1570. The van der Waals surface area contributed by atoms with Crippen molar-refractivity contribution in [3.63, 3.8) is 0 Å².